The van der Waals surface area contributed by atoms with Crippen molar-refractivity contribution >= 4 is 68.1 Å². The lowest BCUT2D eigenvalue weighted by molar-refractivity contribution is -0.386. The number of nitrogens with zero attached hydrogens (tertiary/aromatic N) is 2. The van der Waals surface area contributed by atoms with Gasteiger partial charge >= 0.3 is 0 Å². The first kappa shape index (κ1) is 22.0. The van der Waals surface area contributed by atoms with Crippen LogP contribution in [0, 0.1) is 27.4 Å². The molecule has 0 amide bonds. The molecule has 0 aromatic heterocycles. The number of rotatable bonds is 6. The van der Waals surface area contributed by atoms with Gasteiger partial charge in [0, 0.05) is 34.4 Å². The summed E-state index contributed by atoms with van der Waals surface area (Å²) in [6, 6.07) is 14.2. The topological polar surface area (TPSA) is 120 Å². The fourth-order valence-electron chi connectivity index (χ4n) is 2.78. The van der Waals surface area contributed by atoms with E-state index < -0.39 is 21.4 Å². The van der Waals surface area contributed by atoms with Crippen LogP contribution in [0.5, 0.6) is 0 Å². The number of carbonyl (C=O) groups excluding carboxylic acids is 2. The number of benzene rings is 3. The highest BCUT2D eigenvalue weighted by atomic mass is 127. The van der Waals surface area contributed by atoms with Crippen LogP contribution in [0.1, 0.15) is 31.8 Å². The molecular weight excluding hydrogens is 618 g/mol. The zero-order valence-corrected chi connectivity index (χ0v) is 19.2. The summed E-state index contributed by atoms with van der Waals surface area (Å²) in [5, 5.41) is 22.4. The maximum absolute atomic E-state index is 13.0. The van der Waals surface area contributed by atoms with Crippen LogP contribution in [0.4, 0.5) is 11.4 Å². The number of hydrogen-bond acceptors (Lipinski definition) is 6. The molecule has 0 heterocycles. The Balaban J connectivity index is 2.07. The molecular formula is C20H10I2N2O6. The van der Waals surface area contributed by atoms with E-state index in [1.807, 2.05) is 0 Å². The van der Waals surface area contributed by atoms with Crippen molar-refractivity contribution in [3.8, 4) is 0 Å². The van der Waals surface area contributed by atoms with E-state index in [0.29, 0.717) is 7.14 Å². The van der Waals surface area contributed by atoms with Crippen LogP contribution in [0.25, 0.3) is 0 Å². The molecule has 0 bridgehead atoms. The van der Waals surface area contributed by atoms with Crippen LogP contribution in [0.3, 0.4) is 0 Å². The molecule has 0 saturated heterocycles. The van der Waals surface area contributed by atoms with Crippen LogP contribution in [-0.2, 0) is 0 Å². The first-order chi connectivity index (χ1) is 14.2. The van der Waals surface area contributed by atoms with Gasteiger partial charge in [0.15, 0.2) is 11.6 Å². The molecule has 3 rings (SSSR count). The fraction of sp³-hybridized carbons (Fsp3) is 0. The third-order valence-electron chi connectivity index (χ3n) is 4.23. The van der Waals surface area contributed by atoms with E-state index in [1.165, 1.54) is 48.5 Å². The first-order valence-electron chi connectivity index (χ1n) is 8.27. The third kappa shape index (κ3) is 4.38. The number of hydrogen-bond donors (Lipinski definition) is 0. The Morgan fingerprint density at radius 3 is 1.37 bits per heavy atom. The SMILES string of the molecule is O=C(c1ccc(I)c([N+](=O)[O-])c1)c1ccccc1C(=O)c1ccc(I)c([N+](=O)[O-])c1. The molecule has 0 N–H and O–H groups in total. The van der Waals surface area contributed by atoms with E-state index in [9.17, 15) is 29.8 Å². The lowest BCUT2D eigenvalue weighted by atomic mass is 9.93. The van der Waals surface area contributed by atoms with Gasteiger partial charge in [-0.3, -0.25) is 29.8 Å². The van der Waals surface area contributed by atoms with Gasteiger partial charge in [-0.1, -0.05) is 24.3 Å². The molecule has 3 aromatic carbocycles. The second-order valence-corrected chi connectivity index (χ2v) is 8.37. The maximum atomic E-state index is 13.0. The number of carbonyl (C=O) groups is 2. The molecule has 0 atom stereocenters. The zero-order valence-electron chi connectivity index (χ0n) is 14.9. The Labute approximate surface area is 196 Å². The van der Waals surface area contributed by atoms with Crippen LogP contribution in [0.2, 0.25) is 0 Å². The molecule has 0 spiro atoms. The van der Waals surface area contributed by atoms with Gasteiger partial charge in [-0.25, -0.2) is 0 Å². The zero-order chi connectivity index (χ0) is 22.0. The molecule has 150 valence electrons. The standard InChI is InChI=1S/C20H10I2N2O6/c21-15-7-5-11(9-17(15)23(27)28)19(25)13-3-1-2-4-14(13)20(26)12-6-8-16(22)18(10-12)24(29)30/h1-10H. The van der Waals surface area contributed by atoms with Gasteiger partial charge in [-0.15, -0.1) is 0 Å². The Morgan fingerprint density at radius 2 is 1.03 bits per heavy atom. The predicted molar refractivity (Wildman–Crippen MR) is 125 cm³/mol. The van der Waals surface area contributed by atoms with Crippen molar-refractivity contribution in [2.75, 3.05) is 0 Å². The van der Waals surface area contributed by atoms with E-state index >= 15 is 0 Å². The average molecular weight is 628 g/mol. The summed E-state index contributed by atoms with van der Waals surface area (Å²) in [5.74, 6) is -1.11. The molecule has 8 nitrogen and oxygen atoms in total. The van der Waals surface area contributed by atoms with Gasteiger partial charge in [0.2, 0.25) is 0 Å². The van der Waals surface area contributed by atoms with Gasteiger partial charge in [0.05, 0.1) is 17.0 Å². The third-order valence-corrected chi connectivity index (χ3v) is 6.05. The lowest BCUT2D eigenvalue weighted by Gasteiger charge is -2.09. The molecule has 0 saturated carbocycles. The summed E-state index contributed by atoms with van der Waals surface area (Å²) in [7, 11) is 0. The molecule has 0 fully saturated rings. The highest BCUT2D eigenvalue weighted by Gasteiger charge is 2.23. The Kier molecular flexibility index (Phi) is 6.55. The minimum absolute atomic E-state index is 0.0548. The quantitative estimate of drug-likeness (QED) is 0.161. The van der Waals surface area contributed by atoms with E-state index in [4.69, 9.17) is 0 Å². The molecule has 0 radical (unpaired) electrons. The Bertz CT molecular complexity index is 1130. The van der Waals surface area contributed by atoms with Gasteiger partial charge in [-0.2, -0.15) is 0 Å². The van der Waals surface area contributed by atoms with Crippen molar-refractivity contribution in [2.45, 2.75) is 0 Å². The summed E-state index contributed by atoms with van der Waals surface area (Å²) < 4.78 is 0.759. The molecule has 3 aromatic rings. The van der Waals surface area contributed by atoms with E-state index in [-0.39, 0.29) is 33.6 Å². The summed E-state index contributed by atoms with van der Waals surface area (Å²) >= 11 is 3.61. The summed E-state index contributed by atoms with van der Waals surface area (Å²) in [4.78, 5) is 47.3. The van der Waals surface area contributed by atoms with Gasteiger partial charge in [0.25, 0.3) is 11.4 Å². The molecule has 0 unspecified atom stereocenters. The molecule has 0 aliphatic rings. The summed E-state index contributed by atoms with van der Waals surface area (Å²) in [6.07, 6.45) is 0. The largest absolute Gasteiger partial charge is 0.289 e. The monoisotopic (exact) mass is 628 g/mol. The van der Waals surface area contributed by atoms with Crippen molar-refractivity contribution in [2.24, 2.45) is 0 Å². The van der Waals surface area contributed by atoms with Crippen LogP contribution in [-0.4, -0.2) is 21.4 Å². The van der Waals surface area contributed by atoms with E-state index in [2.05, 4.69) is 0 Å². The van der Waals surface area contributed by atoms with Crippen molar-refractivity contribution < 1.29 is 19.4 Å². The smallest absolute Gasteiger partial charge is 0.283 e. The van der Waals surface area contributed by atoms with Crippen LogP contribution < -0.4 is 0 Å². The number of ketones is 2. The van der Waals surface area contributed by atoms with Crippen LogP contribution >= 0.6 is 45.2 Å². The number of nitro benzene ring substituents is 2. The van der Waals surface area contributed by atoms with E-state index in [0.717, 1.165) is 0 Å². The maximum Gasteiger partial charge on any atom is 0.283 e. The molecule has 0 aliphatic heterocycles. The molecule has 10 heteroatoms. The van der Waals surface area contributed by atoms with E-state index in [1.54, 1.807) is 57.3 Å². The van der Waals surface area contributed by atoms with Crippen molar-refractivity contribution in [3.63, 3.8) is 0 Å². The summed E-state index contributed by atoms with van der Waals surface area (Å²) in [5.41, 5.74) is -0.178. The van der Waals surface area contributed by atoms with Crippen molar-refractivity contribution in [1.29, 1.82) is 0 Å². The minimum Gasteiger partial charge on any atom is -0.289 e. The van der Waals surface area contributed by atoms with Crippen molar-refractivity contribution in [3.05, 3.63) is 110 Å². The second kappa shape index (κ2) is 8.95. The van der Waals surface area contributed by atoms with Crippen molar-refractivity contribution in [1.82, 2.24) is 0 Å². The fourth-order valence-corrected chi connectivity index (χ4v) is 3.84. The van der Waals surface area contributed by atoms with Crippen LogP contribution in [0.15, 0.2) is 60.7 Å². The minimum atomic E-state index is -0.583. The average Bonchev–Trinajstić information content (AvgIpc) is 2.73. The predicted octanol–water partition coefficient (Wildman–Crippen LogP) is 5.17. The van der Waals surface area contributed by atoms with Gasteiger partial charge in [-0.05, 0) is 69.4 Å². The molecule has 0 aliphatic carbocycles. The highest BCUT2D eigenvalue weighted by molar-refractivity contribution is 14.1. The number of nitro groups is 2. The number of halogens is 2. The highest BCUT2D eigenvalue weighted by Crippen LogP contribution is 2.27. The Hall–Kier alpha value is -2.74. The summed E-state index contributed by atoms with van der Waals surface area (Å²) in [6.45, 7) is 0. The lowest BCUT2D eigenvalue weighted by Crippen LogP contribution is -2.12. The normalized spacial score (nSPS) is 10.5. The van der Waals surface area contributed by atoms with Gasteiger partial charge in [0.1, 0.15) is 0 Å². The second-order valence-electron chi connectivity index (χ2n) is 6.05. The first-order valence-corrected chi connectivity index (χ1v) is 10.4. The van der Waals surface area contributed by atoms with Gasteiger partial charge < -0.3 is 0 Å². The molecule has 30 heavy (non-hydrogen) atoms. The Morgan fingerprint density at radius 1 is 0.667 bits per heavy atom.